The third-order valence-corrected chi connectivity index (χ3v) is 5.57. The minimum Gasteiger partial charge on any atom is -0.490 e. The summed E-state index contributed by atoms with van der Waals surface area (Å²) in [6.45, 7) is 1.08. The molecule has 0 unspecified atom stereocenters. The molecule has 0 saturated carbocycles. The highest BCUT2D eigenvalue weighted by molar-refractivity contribution is 6.30. The zero-order valence-electron chi connectivity index (χ0n) is 14.4. The van der Waals surface area contributed by atoms with Crippen molar-refractivity contribution in [1.29, 1.82) is 0 Å². The van der Waals surface area contributed by atoms with Gasteiger partial charge in [-0.1, -0.05) is 17.7 Å². The molecular weight excluding hydrogens is 357 g/mol. The molecule has 26 heavy (non-hydrogen) atoms. The van der Waals surface area contributed by atoms with Crippen LogP contribution in [0, 0.1) is 5.82 Å². The molecule has 0 radical (unpaired) electrons. The molecule has 0 bridgehead atoms. The lowest BCUT2D eigenvalue weighted by Crippen LogP contribution is -2.41. The zero-order chi connectivity index (χ0) is 18.3. The van der Waals surface area contributed by atoms with E-state index in [2.05, 4.69) is 16.1 Å². The molecule has 0 saturated heterocycles. The van der Waals surface area contributed by atoms with Crippen LogP contribution in [0.5, 0.6) is 5.75 Å². The molecule has 4 nitrogen and oxygen atoms in total. The summed E-state index contributed by atoms with van der Waals surface area (Å²) in [7, 11) is 1.23. The van der Waals surface area contributed by atoms with E-state index < -0.39 is 11.8 Å². The van der Waals surface area contributed by atoms with Gasteiger partial charge in [-0.05, 0) is 48.6 Å². The minimum atomic E-state index is -0.705. The predicted molar refractivity (Wildman–Crippen MR) is 97.8 cm³/mol. The third-order valence-electron chi connectivity index (χ3n) is 5.34. The summed E-state index contributed by atoms with van der Waals surface area (Å²) >= 11 is 6.16. The highest BCUT2D eigenvalue weighted by Crippen LogP contribution is 2.42. The molecule has 1 atom stereocenters. The quantitative estimate of drug-likeness (QED) is 0.753. The van der Waals surface area contributed by atoms with Gasteiger partial charge in [-0.15, -0.1) is 0 Å². The van der Waals surface area contributed by atoms with Gasteiger partial charge >= 0.3 is 5.97 Å². The largest absolute Gasteiger partial charge is 0.490 e. The molecule has 0 aromatic heterocycles. The number of anilines is 1. The summed E-state index contributed by atoms with van der Waals surface area (Å²) in [6, 6.07) is 8.70. The fourth-order valence-corrected chi connectivity index (χ4v) is 4.18. The fourth-order valence-electron chi connectivity index (χ4n) is 3.98. The molecule has 0 amide bonds. The number of rotatable bonds is 1. The lowest BCUT2D eigenvalue weighted by Gasteiger charge is -2.37. The van der Waals surface area contributed by atoms with Gasteiger partial charge in [0.15, 0.2) is 0 Å². The van der Waals surface area contributed by atoms with Gasteiger partial charge in [0.2, 0.25) is 0 Å². The van der Waals surface area contributed by atoms with Crippen LogP contribution in [0.15, 0.2) is 30.3 Å². The molecule has 2 aromatic rings. The van der Waals surface area contributed by atoms with Gasteiger partial charge in [0.25, 0.3) is 0 Å². The Hall–Kier alpha value is -2.27. The summed E-state index contributed by atoms with van der Waals surface area (Å²) in [5.41, 5.74) is 2.75. The first-order valence-electron chi connectivity index (χ1n) is 8.60. The molecule has 136 valence electrons. The number of benzene rings is 2. The van der Waals surface area contributed by atoms with Gasteiger partial charge < -0.3 is 14.8 Å². The van der Waals surface area contributed by atoms with Gasteiger partial charge in [0.05, 0.1) is 25.0 Å². The van der Waals surface area contributed by atoms with E-state index in [0.717, 1.165) is 24.3 Å². The van der Waals surface area contributed by atoms with Crippen molar-refractivity contribution in [2.75, 3.05) is 25.6 Å². The second-order valence-electron chi connectivity index (χ2n) is 6.90. The first-order valence-corrected chi connectivity index (χ1v) is 8.98. The lowest BCUT2D eigenvalue weighted by molar-refractivity contribution is 0.0595. The molecule has 1 aliphatic heterocycles. The van der Waals surface area contributed by atoms with Crippen molar-refractivity contribution in [3.63, 3.8) is 0 Å². The van der Waals surface area contributed by atoms with Crippen molar-refractivity contribution < 1.29 is 18.7 Å². The number of halogens is 2. The minimum absolute atomic E-state index is 0.103. The topological polar surface area (TPSA) is 47.6 Å². The third kappa shape index (κ3) is 2.80. The molecule has 6 heteroatoms. The predicted octanol–water partition coefficient (Wildman–Crippen LogP) is 4.34. The highest BCUT2D eigenvalue weighted by Gasteiger charge is 2.39. The molecule has 1 N–H and O–H groups in total. The van der Waals surface area contributed by atoms with Crippen LogP contribution >= 0.6 is 11.6 Å². The van der Waals surface area contributed by atoms with Crippen molar-refractivity contribution in [2.45, 2.75) is 24.7 Å². The standard InChI is InChI=1S/C20H19ClFNO3/c1-25-19(24)14-8-17-18(9-16(14)22)26-11-20(10-23-17)6-2-3-12-7-13(21)4-5-15(12)20/h4-5,7-9,23H,2-3,6,10-11H2,1H3/t20-/m0/s1. The Morgan fingerprint density at radius 2 is 2.19 bits per heavy atom. The number of ether oxygens (including phenoxy) is 2. The summed E-state index contributed by atoms with van der Waals surface area (Å²) < 4.78 is 24.9. The van der Waals surface area contributed by atoms with Gasteiger partial charge in [-0.3, -0.25) is 0 Å². The second kappa shape index (κ2) is 6.47. The maximum Gasteiger partial charge on any atom is 0.340 e. The number of carbonyl (C=O) groups excluding carboxylic acids is 1. The van der Waals surface area contributed by atoms with Gasteiger partial charge in [0, 0.05) is 23.0 Å². The number of aryl methyl sites for hydroxylation is 1. The first kappa shape index (κ1) is 17.2. The summed E-state index contributed by atoms with van der Waals surface area (Å²) in [4.78, 5) is 11.8. The van der Waals surface area contributed by atoms with E-state index in [0.29, 0.717) is 24.6 Å². The number of carbonyl (C=O) groups is 1. The number of hydrogen-bond donors (Lipinski definition) is 1. The van der Waals surface area contributed by atoms with Crippen molar-refractivity contribution in [2.24, 2.45) is 0 Å². The maximum absolute atomic E-state index is 14.2. The van der Waals surface area contributed by atoms with Crippen LogP contribution in [0.1, 0.15) is 34.3 Å². The van der Waals surface area contributed by atoms with Gasteiger partial charge in [-0.2, -0.15) is 0 Å². The Bertz CT molecular complexity index is 886. The normalized spacial score (nSPS) is 21.0. The van der Waals surface area contributed by atoms with Crippen LogP contribution in [-0.2, 0) is 16.6 Å². The van der Waals surface area contributed by atoms with E-state index in [-0.39, 0.29) is 11.0 Å². The van der Waals surface area contributed by atoms with Crippen LogP contribution in [0.3, 0.4) is 0 Å². The zero-order valence-corrected chi connectivity index (χ0v) is 15.2. The monoisotopic (exact) mass is 375 g/mol. The van der Waals surface area contributed by atoms with Crippen molar-refractivity contribution in [3.8, 4) is 5.75 Å². The highest BCUT2D eigenvalue weighted by atomic mass is 35.5. The summed E-state index contributed by atoms with van der Waals surface area (Å²) in [6.07, 6.45) is 3.00. The SMILES string of the molecule is COC(=O)c1cc2c(cc1F)OC[C@]1(CCCc3cc(Cl)ccc31)CN2. The summed E-state index contributed by atoms with van der Waals surface area (Å²) in [5, 5.41) is 4.09. The van der Waals surface area contributed by atoms with E-state index in [9.17, 15) is 9.18 Å². The number of esters is 1. The molecule has 1 heterocycles. The number of nitrogens with one attached hydrogen (secondary N) is 1. The number of methoxy groups -OCH3 is 1. The molecule has 4 rings (SSSR count). The van der Waals surface area contributed by atoms with Crippen LogP contribution in [-0.4, -0.2) is 26.2 Å². The summed E-state index contributed by atoms with van der Waals surface area (Å²) in [5.74, 6) is -0.944. The van der Waals surface area contributed by atoms with Crippen LogP contribution < -0.4 is 10.1 Å². The van der Waals surface area contributed by atoms with Crippen LogP contribution in [0.2, 0.25) is 5.02 Å². The van der Waals surface area contributed by atoms with E-state index in [1.807, 2.05) is 12.1 Å². The fraction of sp³-hybridized carbons (Fsp3) is 0.350. The average molecular weight is 376 g/mol. The smallest absolute Gasteiger partial charge is 0.340 e. The molecule has 1 aliphatic carbocycles. The molecule has 1 spiro atoms. The Balaban J connectivity index is 1.70. The second-order valence-corrected chi connectivity index (χ2v) is 7.33. The van der Waals surface area contributed by atoms with E-state index in [1.54, 1.807) is 0 Å². The molecule has 0 fully saturated rings. The Labute approximate surface area is 156 Å². The van der Waals surface area contributed by atoms with Crippen molar-refractivity contribution >= 4 is 23.3 Å². The average Bonchev–Trinajstić information content (AvgIpc) is 2.81. The Morgan fingerprint density at radius 3 is 3.00 bits per heavy atom. The molecular formula is C20H19ClFNO3. The molecule has 2 aliphatic rings. The van der Waals surface area contributed by atoms with Gasteiger partial charge in [0.1, 0.15) is 11.6 Å². The van der Waals surface area contributed by atoms with Crippen LogP contribution in [0.25, 0.3) is 0 Å². The van der Waals surface area contributed by atoms with Gasteiger partial charge in [-0.25, -0.2) is 9.18 Å². The first-order chi connectivity index (χ1) is 12.5. The molecule has 2 aromatic carbocycles. The van der Waals surface area contributed by atoms with Crippen molar-refractivity contribution in [1.82, 2.24) is 0 Å². The van der Waals surface area contributed by atoms with E-state index >= 15 is 0 Å². The number of hydrogen-bond acceptors (Lipinski definition) is 4. The Morgan fingerprint density at radius 1 is 1.35 bits per heavy atom. The van der Waals surface area contributed by atoms with Crippen molar-refractivity contribution in [3.05, 3.63) is 57.9 Å². The Kier molecular flexibility index (Phi) is 4.27. The number of fused-ring (bicyclic) bond motifs is 3. The maximum atomic E-state index is 14.2. The lowest BCUT2D eigenvalue weighted by atomic mass is 9.70. The van der Waals surface area contributed by atoms with Crippen LogP contribution in [0.4, 0.5) is 10.1 Å². The van der Waals surface area contributed by atoms with E-state index in [1.165, 1.54) is 30.4 Å². The van der Waals surface area contributed by atoms with E-state index in [4.69, 9.17) is 16.3 Å².